The topological polar surface area (TPSA) is 54.3 Å². The van der Waals surface area contributed by atoms with Crippen LogP contribution < -0.4 is 10.6 Å². The van der Waals surface area contributed by atoms with Gasteiger partial charge in [0.15, 0.2) is 0 Å². The van der Waals surface area contributed by atoms with Crippen molar-refractivity contribution in [3.63, 3.8) is 0 Å². The van der Waals surface area contributed by atoms with Crippen molar-refractivity contribution in [3.8, 4) is 0 Å². The molecule has 1 aromatic rings. The Hall–Kier alpha value is -1.29. The van der Waals surface area contributed by atoms with E-state index in [0.717, 1.165) is 11.5 Å². The van der Waals surface area contributed by atoms with Gasteiger partial charge < -0.3 is 15.1 Å². The number of carbonyl (C=O) groups excluding carboxylic acids is 1. The van der Waals surface area contributed by atoms with Crippen LogP contribution in [-0.2, 0) is 11.3 Å². The highest BCUT2D eigenvalue weighted by atomic mass is 16.3. The predicted molar refractivity (Wildman–Crippen MR) is 67.7 cm³/mol. The third-order valence-corrected chi connectivity index (χ3v) is 2.26. The number of aryl methyl sites for hydroxylation is 1. The van der Waals surface area contributed by atoms with E-state index >= 15 is 0 Å². The maximum atomic E-state index is 11.5. The zero-order chi connectivity index (χ0) is 12.9. The van der Waals surface area contributed by atoms with E-state index in [4.69, 9.17) is 4.42 Å². The summed E-state index contributed by atoms with van der Waals surface area (Å²) in [6, 6.07) is 3.77. The van der Waals surface area contributed by atoms with E-state index in [0.29, 0.717) is 19.5 Å². The number of hydrogen-bond donors (Lipinski definition) is 2. The number of nitrogens with one attached hydrogen (secondary N) is 2. The minimum absolute atomic E-state index is 0.0378. The van der Waals surface area contributed by atoms with Gasteiger partial charge in [-0.1, -0.05) is 0 Å². The molecule has 0 spiro atoms. The largest absolute Gasteiger partial charge is 0.465 e. The standard InChI is InChI=1S/C13H22N2O2/c1-10-5-6-11(17-10)9-14-12(16)7-8-15-13(2,3)4/h5-6,15H,7-9H2,1-4H3,(H,14,16). The lowest BCUT2D eigenvalue weighted by atomic mass is 10.1. The van der Waals surface area contributed by atoms with Crippen LogP contribution in [0.25, 0.3) is 0 Å². The van der Waals surface area contributed by atoms with Crippen molar-refractivity contribution in [1.29, 1.82) is 0 Å². The Morgan fingerprint density at radius 1 is 1.35 bits per heavy atom. The molecule has 4 nitrogen and oxygen atoms in total. The second kappa shape index (κ2) is 5.87. The maximum Gasteiger partial charge on any atom is 0.221 e. The van der Waals surface area contributed by atoms with Crippen molar-refractivity contribution in [3.05, 3.63) is 23.7 Å². The molecule has 0 radical (unpaired) electrons. The lowest BCUT2D eigenvalue weighted by Crippen LogP contribution is -2.38. The minimum Gasteiger partial charge on any atom is -0.465 e. The molecular weight excluding hydrogens is 216 g/mol. The fourth-order valence-corrected chi connectivity index (χ4v) is 1.41. The second-order valence-electron chi connectivity index (χ2n) is 5.22. The number of carbonyl (C=O) groups is 1. The van der Waals surface area contributed by atoms with E-state index in [2.05, 4.69) is 31.4 Å². The minimum atomic E-state index is 0.0378. The van der Waals surface area contributed by atoms with Gasteiger partial charge in [-0.05, 0) is 39.8 Å². The highest BCUT2D eigenvalue weighted by Crippen LogP contribution is 2.05. The molecule has 0 saturated heterocycles. The number of furan rings is 1. The van der Waals surface area contributed by atoms with Gasteiger partial charge in [-0.3, -0.25) is 4.79 Å². The lowest BCUT2D eigenvalue weighted by Gasteiger charge is -2.20. The van der Waals surface area contributed by atoms with Crippen LogP contribution in [0.3, 0.4) is 0 Å². The van der Waals surface area contributed by atoms with Gasteiger partial charge in [0.05, 0.1) is 6.54 Å². The van der Waals surface area contributed by atoms with Gasteiger partial charge in [-0.15, -0.1) is 0 Å². The summed E-state index contributed by atoms with van der Waals surface area (Å²) in [5.74, 6) is 1.69. The van der Waals surface area contributed by atoms with Crippen LogP contribution in [0.4, 0.5) is 0 Å². The molecule has 96 valence electrons. The zero-order valence-corrected chi connectivity index (χ0v) is 11.1. The summed E-state index contributed by atoms with van der Waals surface area (Å²) < 4.78 is 5.36. The van der Waals surface area contributed by atoms with Crippen molar-refractivity contribution >= 4 is 5.91 Å². The molecule has 1 rings (SSSR count). The molecule has 0 aliphatic carbocycles. The molecule has 2 N–H and O–H groups in total. The van der Waals surface area contributed by atoms with Crippen LogP contribution in [0.2, 0.25) is 0 Å². The Morgan fingerprint density at radius 2 is 2.06 bits per heavy atom. The van der Waals surface area contributed by atoms with Crippen LogP contribution >= 0.6 is 0 Å². The first-order valence-corrected chi connectivity index (χ1v) is 5.94. The molecule has 0 fully saturated rings. The molecule has 0 saturated carbocycles. The Bertz CT molecular complexity index is 364. The normalized spacial score (nSPS) is 11.5. The lowest BCUT2D eigenvalue weighted by molar-refractivity contribution is -0.121. The average Bonchev–Trinajstić information content (AvgIpc) is 2.59. The summed E-state index contributed by atoms with van der Waals surface area (Å²) >= 11 is 0. The van der Waals surface area contributed by atoms with E-state index in [1.54, 1.807) is 0 Å². The molecule has 1 aromatic heterocycles. The zero-order valence-electron chi connectivity index (χ0n) is 11.1. The van der Waals surface area contributed by atoms with Gasteiger partial charge in [0.25, 0.3) is 0 Å². The van der Waals surface area contributed by atoms with E-state index in [1.165, 1.54) is 0 Å². The van der Waals surface area contributed by atoms with Crippen LogP contribution in [0.1, 0.15) is 38.7 Å². The summed E-state index contributed by atoms with van der Waals surface area (Å²) in [6.45, 7) is 9.27. The smallest absolute Gasteiger partial charge is 0.221 e. The molecule has 0 unspecified atom stereocenters. The molecule has 4 heteroatoms. The van der Waals surface area contributed by atoms with Crippen molar-refractivity contribution in [1.82, 2.24) is 10.6 Å². The van der Waals surface area contributed by atoms with Crippen molar-refractivity contribution < 1.29 is 9.21 Å². The molecule has 0 aliphatic heterocycles. The molecule has 1 heterocycles. The summed E-state index contributed by atoms with van der Waals surface area (Å²) in [5, 5.41) is 6.10. The summed E-state index contributed by atoms with van der Waals surface area (Å²) in [7, 11) is 0. The molecule has 17 heavy (non-hydrogen) atoms. The van der Waals surface area contributed by atoms with Gasteiger partial charge in [-0.25, -0.2) is 0 Å². The molecular formula is C13H22N2O2. The van der Waals surface area contributed by atoms with E-state index in [9.17, 15) is 4.79 Å². The fraction of sp³-hybridized carbons (Fsp3) is 0.615. The summed E-state index contributed by atoms with van der Waals surface area (Å²) in [6.07, 6.45) is 0.483. The third kappa shape index (κ3) is 6.12. The van der Waals surface area contributed by atoms with Crippen LogP contribution in [0.15, 0.2) is 16.5 Å². The van der Waals surface area contributed by atoms with Gasteiger partial charge in [0, 0.05) is 18.5 Å². The highest BCUT2D eigenvalue weighted by molar-refractivity contribution is 5.75. The molecule has 0 aromatic carbocycles. The Labute approximate surface area is 103 Å². The van der Waals surface area contributed by atoms with E-state index < -0.39 is 0 Å². The van der Waals surface area contributed by atoms with Gasteiger partial charge in [0.2, 0.25) is 5.91 Å². The SMILES string of the molecule is Cc1ccc(CNC(=O)CCNC(C)(C)C)o1. The first kappa shape index (κ1) is 13.8. The van der Waals surface area contributed by atoms with Crippen molar-refractivity contribution in [2.75, 3.05) is 6.54 Å². The molecule has 0 bridgehead atoms. The predicted octanol–water partition coefficient (Wildman–Crippen LogP) is 1.98. The van der Waals surface area contributed by atoms with Crippen LogP contribution in [0, 0.1) is 6.92 Å². The molecule has 0 aliphatic rings. The average molecular weight is 238 g/mol. The first-order valence-electron chi connectivity index (χ1n) is 5.94. The summed E-state index contributed by atoms with van der Waals surface area (Å²) in [5.41, 5.74) is 0.0540. The van der Waals surface area contributed by atoms with Crippen molar-refractivity contribution in [2.24, 2.45) is 0 Å². The Kier molecular flexibility index (Phi) is 4.75. The van der Waals surface area contributed by atoms with Gasteiger partial charge in [-0.2, -0.15) is 0 Å². The van der Waals surface area contributed by atoms with Crippen LogP contribution in [0.5, 0.6) is 0 Å². The Morgan fingerprint density at radius 3 is 2.59 bits per heavy atom. The third-order valence-electron chi connectivity index (χ3n) is 2.26. The van der Waals surface area contributed by atoms with Crippen LogP contribution in [-0.4, -0.2) is 18.0 Å². The highest BCUT2D eigenvalue weighted by Gasteiger charge is 2.09. The monoisotopic (exact) mass is 238 g/mol. The number of amides is 1. The maximum absolute atomic E-state index is 11.5. The van der Waals surface area contributed by atoms with Gasteiger partial charge >= 0.3 is 0 Å². The quantitative estimate of drug-likeness (QED) is 0.824. The number of hydrogen-bond acceptors (Lipinski definition) is 3. The van der Waals surface area contributed by atoms with E-state index in [1.807, 2.05) is 19.1 Å². The summed E-state index contributed by atoms with van der Waals surface area (Å²) in [4.78, 5) is 11.5. The molecule has 0 atom stereocenters. The number of rotatable bonds is 5. The Balaban J connectivity index is 2.18. The van der Waals surface area contributed by atoms with E-state index in [-0.39, 0.29) is 11.4 Å². The molecule has 1 amide bonds. The first-order chi connectivity index (χ1) is 7.87. The second-order valence-corrected chi connectivity index (χ2v) is 5.22. The fourth-order valence-electron chi connectivity index (χ4n) is 1.41. The van der Waals surface area contributed by atoms with Crippen molar-refractivity contribution in [2.45, 2.75) is 46.2 Å². The van der Waals surface area contributed by atoms with Gasteiger partial charge in [0.1, 0.15) is 11.5 Å².